The summed E-state index contributed by atoms with van der Waals surface area (Å²) in [6.45, 7) is 0. The molecule has 0 amide bonds. The second-order valence-corrected chi connectivity index (χ2v) is 4.58. The number of nitrogens with zero attached hydrogens (tertiary/aromatic N) is 2. The first-order valence-corrected chi connectivity index (χ1v) is 5.98. The van der Waals surface area contributed by atoms with Crippen molar-refractivity contribution in [2.24, 2.45) is 7.05 Å². The number of aromatic nitrogens is 2. The SMILES string of the molecule is Cn1nc(-c2ccccc2F)c(Br)c1CC(=O)O. The largest absolute Gasteiger partial charge is 0.481 e. The number of aryl methyl sites for hydroxylation is 1. The van der Waals surface area contributed by atoms with Crippen LogP contribution in [0.2, 0.25) is 0 Å². The first-order valence-electron chi connectivity index (χ1n) is 5.18. The summed E-state index contributed by atoms with van der Waals surface area (Å²) in [7, 11) is 1.63. The van der Waals surface area contributed by atoms with E-state index in [2.05, 4.69) is 21.0 Å². The fourth-order valence-electron chi connectivity index (χ4n) is 1.69. The molecule has 0 radical (unpaired) electrons. The minimum atomic E-state index is -0.959. The Labute approximate surface area is 111 Å². The molecule has 18 heavy (non-hydrogen) atoms. The topological polar surface area (TPSA) is 55.1 Å². The van der Waals surface area contributed by atoms with Crippen molar-refractivity contribution in [1.29, 1.82) is 0 Å². The average molecular weight is 313 g/mol. The number of carbonyl (C=O) groups is 1. The molecule has 2 aromatic rings. The Morgan fingerprint density at radius 1 is 1.50 bits per heavy atom. The molecule has 2 rings (SSSR count). The lowest BCUT2D eigenvalue weighted by Gasteiger charge is -1.99. The quantitative estimate of drug-likeness (QED) is 0.948. The van der Waals surface area contributed by atoms with E-state index in [-0.39, 0.29) is 6.42 Å². The maximum atomic E-state index is 13.7. The van der Waals surface area contributed by atoms with E-state index in [1.807, 2.05) is 0 Å². The molecule has 94 valence electrons. The third-order valence-electron chi connectivity index (χ3n) is 2.55. The molecular weight excluding hydrogens is 303 g/mol. The predicted molar refractivity (Wildman–Crippen MR) is 67.6 cm³/mol. The van der Waals surface area contributed by atoms with Gasteiger partial charge in [0.05, 0.1) is 16.6 Å². The van der Waals surface area contributed by atoms with Crippen molar-refractivity contribution >= 4 is 21.9 Å². The van der Waals surface area contributed by atoms with E-state index in [0.717, 1.165) is 0 Å². The molecular formula is C12H10BrFN2O2. The zero-order chi connectivity index (χ0) is 13.3. The minimum absolute atomic E-state index is 0.168. The molecule has 0 aliphatic rings. The number of carboxylic acids is 1. The predicted octanol–water partition coefficient (Wildman–Crippen LogP) is 2.62. The van der Waals surface area contributed by atoms with Crippen molar-refractivity contribution < 1.29 is 14.3 Å². The van der Waals surface area contributed by atoms with Gasteiger partial charge in [0.15, 0.2) is 0 Å². The molecule has 6 heteroatoms. The van der Waals surface area contributed by atoms with E-state index in [1.54, 1.807) is 25.2 Å². The summed E-state index contributed by atoms with van der Waals surface area (Å²) >= 11 is 3.29. The van der Waals surface area contributed by atoms with Gasteiger partial charge < -0.3 is 5.11 Å². The number of aliphatic carboxylic acids is 1. The van der Waals surface area contributed by atoms with Gasteiger partial charge in [0.2, 0.25) is 0 Å². The van der Waals surface area contributed by atoms with E-state index in [1.165, 1.54) is 10.7 Å². The highest BCUT2D eigenvalue weighted by atomic mass is 79.9. The Bertz CT molecular complexity index is 610. The number of hydrogen-bond donors (Lipinski definition) is 1. The number of rotatable bonds is 3. The van der Waals surface area contributed by atoms with Gasteiger partial charge in [-0.2, -0.15) is 5.10 Å². The van der Waals surface area contributed by atoms with Crippen LogP contribution in [0, 0.1) is 5.82 Å². The van der Waals surface area contributed by atoms with Gasteiger partial charge in [0.25, 0.3) is 0 Å². The highest BCUT2D eigenvalue weighted by Gasteiger charge is 2.19. The second-order valence-electron chi connectivity index (χ2n) is 3.78. The summed E-state index contributed by atoms with van der Waals surface area (Å²) in [5.41, 5.74) is 1.25. The zero-order valence-electron chi connectivity index (χ0n) is 9.52. The summed E-state index contributed by atoms with van der Waals surface area (Å²) in [6.07, 6.45) is -0.168. The molecule has 0 saturated carbocycles. The molecule has 0 atom stereocenters. The lowest BCUT2D eigenvalue weighted by atomic mass is 10.1. The fourth-order valence-corrected chi connectivity index (χ4v) is 2.38. The number of halogens is 2. The molecule has 0 saturated heterocycles. The van der Waals surface area contributed by atoms with Gasteiger partial charge >= 0.3 is 5.97 Å². The molecule has 0 unspecified atom stereocenters. The molecule has 0 bridgehead atoms. The molecule has 0 fully saturated rings. The highest BCUT2D eigenvalue weighted by Crippen LogP contribution is 2.31. The van der Waals surface area contributed by atoms with E-state index in [4.69, 9.17) is 5.11 Å². The van der Waals surface area contributed by atoms with E-state index >= 15 is 0 Å². The Kier molecular flexibility index (Phi) is 3.47. The van der Waals surface area contributed by atoms with Crippen molar-refractivity contribution in [2.45, 2.75) is 6.42 Å². The zero-order valence-corrected chi connectivity index (χ0v) is 11.1. The van der Waals surface area contributed by atoms with Crippen molar-refractivity contribution in [3.05, 3.63) is 40.2 Å². The smallest absolute Gasteiger partial charge is 0.309 e. The van der Waals surface area contributed by atoms with Gasteiger partial charge in [0, 0.05) is 12.6 Å². The summed E-state index contributed by atoms with van der Waals surface area (Å²) < 4.78 is 15.6. The molecule has 0 aliphatic carbocycles. The molecule has 1 N–H and O–H groups in total. The highest BCUT2D eigenvalue weighted by molar-refractivity contribution is 9.10. The first kappa shape index (κ1) is 12.8. The van der Waals surface area contributed by atoms with Crippen LogP contribution in [0.25, 0.3) is 11.3 Å². The Hall–Kier alpha value is -1.69. The third kappa shape index (κ3) is 2.28. The van der Waals surface area contributed by atoms with E-state index in [0.29, 0.717) is 21.4 Å². The molecule has 0 spiro atoms. The Morgan fingerprint density at radius 2 is 2.17 bits per heavy atom. The molecule has 1 aromatic heterocycles. The van der Waals surface area contributed by atoms with Gasteiger partial charge in [-0.15, -0.1) is 0 Å². The van der Waals surface area contributed by atoms with Gasteiger partial charge in [-0.25, -0.2) is 4.39 Å². The number of carboxylic acid groups (broad SMARTS) is 1. The lowest BCUT2D eigenvalue weighted by Crippen LogP contribution is -2.06. The standard InChI is InChI=1S/C12H10BrFN2O2/c1-16-9(6-10(17)18)11(13)12(15-16)7-4-2-3-5-8(7)14/h2-5H,6H2,1H3,(H,17,18). The van der Waals surface area contributed by atoms with Crippen LogP contribution in [-0.4, -0.2) is 20.9 Å². The van der Waals surface area contributed by atoms with E-state index < -0.39 is 11.8 Å². The monoisotopic (exact) mass is 312 g/mol. The second kappa shape index (κ2) is 4.89. The van der Waals surface area contributed by atoms with Crippen molar-refractivity contribution in [1.82, 2.24) is 9.78 Å². The van der Waals surface area contributed by atoms with Crippen molar-refractivity contribution in [2.75, 3.05) is 0 Å². The number of hydrogen-bond acceptors (Lipinski definition) is 2. The van der Waals surface area contributed by atoms with Crippen LogP contribution in [0.5, 0.6) is 0 Å². The lowest BCUT2D eigenvalue weighted by molar-refractivity contribution is -0.136. The van der Waals surface area contributed by atoms with Crippen LogP contribution in [-0.2, 0) is 18.3 Å². The van der Waals surface area contributed by atoms with Gasteiger partial charge in [-0.3, -0.25) is 9.48 Å². The maximum absolute atomic E-state index is 13.7. The number of benzene rings is 1. The van der Waals surface area contributed by atoms with Crippen LogP contribution in [0.3, 0.4) is 0 Å². The van der Waals surface area contributed by atoms with Crippen LogP contribution in [0.15, 0.2) is 28.7 Å². The van der Waals surface area contributed by atoms with Crippen molar-refractivity contribution in [3.63, 3.8) is 0 Å². The minimum Gasteiger partial charge on any atom is -0.481 e. The van der Waals surface area contributed by atoms with Gasteiger partial charge in [-0.1, -0.05) is 12.1 Å². The first-order chi connectivity index (χ1) is 8.50. The summed E-state index contributed by atoms with van der Waals surface area (Å²) in [6, 6.07) is 6.24. The summed E-state index contributed by atoms with van der Waals surface area (Å²) in [4.78, 5) is 10.7. The molecule has 0 aliphatic heterocycles. The molecule has 1 aromatic carbocycles. The van der Waals surface area contributed by atoms with Crippen LogP contribution in [0.1, 0.15) is 5.69 Å². The van der Waals surface area contributed by atoms with E-state index in [9.17, 15) is 9.18 Å². The average Bonchev–Trinajstić information content (AvgIpc) is 2.57. The van der Waals surface area contributed by atoms with Crippen LogP contribution < -0.4 is 0 Å². The van der Waals surface area contributed by atoms with Crippen LogP contribution in [0.4, 0.5) is 4.39 Å². The Morgan fingerprint density at radius 3 is 2.78 bits per heavy atom. The molecule has 4 nitrogen and oxygen atoms in total. The van der Waals surface area contributed by atoms with Gasteiger partial charge in [-0.05, 0) is 28.1 Å². The normalized spacial score (nSPS) is 10.6. The van der Waals surface area contributed by atoms with Crippen LogP contribution >= 0.6 is 15.9 Å². The Balaban J connectivity index is 2.54. The summed E-state index contributed by atoms with van der Waals surface area (Å²) in [5, 5.41) is 13.0. The third-order valence-corrected chi connectivity index (χ3v) is 3.38. The summed E-state index contributed by atoms with van der Waals surface area (Å²) in [5.74, 6) is -1.35. The van der Waals surface area contributed by atoms with Gasteiger partial charge in [0.1, 0.15) is 11.5 Å². The fraction of sp³-hybridized carbons (Fsp3) is 0.167. The molecule has 1 heterocycles. The van der Waals surface area contributed by atoms with Crippen molar-refractivity contribution in [3.8, 4) is 11.3 Å². The maximum Gasteiger partial charge on any atom is 0.309 e.